The summed E-state index contributed by atoms with van der Waals surface area (Å²) >= 11 is 3.34. The Labute approximate surface area is 113 Å². The third-order valence-corrected chi connectivity index (χ3v) is 2.88. The van der Waals surface area contributed by atoms with Crippen molar-refractivity contribution in [1.29, 1.82) is 0 Å². The molecule has 0 heterocycles. The van der Waals surface area contributed by atoms with Crippen molar-refractivity contribution in [2.75, 3.05) is 0 Å². The van der Waals surface area contributed by atoms with E-state index in [1.165, 1.54) is 18.2 Å². The van der Waals surface area contributed by atoms with Crippen molar-refractivity contribution in [3.8, 4) is 5.75 Å². The van der Waals surface area contributed by atoms with Gasteiger partial charge in [0.05, 0.1) is 0 Å². The van der Waals surface area contributed by atoms with Crippen molar-refractivity contribution >= 4 is 22.2 Å². The quantitative estimate of drug-likeness (QED) is 0.799. The van der Waals surface area contributed by atoms with Gasteiger partial charge in [0.25, 0.3) is 0 Å². The molecule has 0 amide bonds. The summed E-state index contributed by atoms with van der Waals surface area (Å²) in [5.74, 6) is -0.134. The Morgan fingerprint density at radius 2 is 1.89 bits per heavy atom. The number of hydrogen-bond donors (Lipinski definition) is 0. The first-order valence-corrected chi connectivity index (χ1v) is 6.10. The first-order valence-electron chi connectivity index (χ1n) is 5.30. The number of halogens is 2. The van der Waals surface area contributed by atoms with Crippen molar-refractivity contribution in [3.05, 3.63) is 63.9 Å². The third kappa shape index (κ3) is 3.40. The van der Waals surface area contributed by atoms with Crippen molar-refractivity contribution in [3.63, 3.8) is 0 Å². The van der Waals surface area contributed by atoms with E-state index in [-0.39, 0.29) is 5.56 Å². The summed E-state index contributed by atoms with van der Waals surface area (Å²) in [5.41, 5.74) is 1.23. The Morgan fingerprint density at radius 3 is 2.56 bits per heavy atom. The maximum absolute atomic E-state index is 13.1. The van der Waals surface area contributed by atoms with Gasteiger partial charge < -0.3 is 4.74 Å². The molecule has 0 spiro atoms. The lowest BCUT2D eigenvalue weighted by molar-refractivity contribution is 0.112. The standard InChI is InChI=1S/C14H10BrFO2/c15-12-3-1-10(2-4-12)9-18-14-6-11(8-17)5-13(16)7-14/h1-8H,9H2. The van der Waals surface area contributed by atoms with Gasteiger partial charge in [-0.1, -0.05) is 28.1 Å². The molecule has 2 nitrogen and oxygen atoms in total. The largest absolute Gasteiger partial charge is 0.489 e. The molecule has 0 aliphatic rings. The van der Waals surface area contributed by atoms with E-state index in [1.54, 1.807) is 0 Å². The summed E-state index contributed by atoms with van der Waals surface area (Å²) in [6, 6.07) is 11.6. The van der Waals surface area contributed by atoms with Crippen LogP contribution in [0.25, 0.3) is 0 Å². The SMILES string of the molecule is O=Cc1cc(F)cc(OCc2ccc(Br)cc2)c1. The average molecular weight is 309 g/mol. The Balaban J connectivity index is 2.08. The van der Waals surface area contributed by atoms with E-state index in [0.717, 1.165) is 10.0 Å². The van der Waals surface area contributed by atoms with E-state index in [9.17, 15) is 9.18 Å². The fourth-order valence-corrected chi connectivity index (χ4v) is 1.75. The van der Waals surface area contributed by atoms with E-state index in [2.05, 4.69) is 15.9 Å². The summed E-state index contributed by atoms with van der Waals surface area (Å²) in [5, 5.41) is 0. The van der Waals surface area contributed by atoms with E-state index in [1.807, 2.05) is 24.3 Å². The van der Waals surface area contributed by atoms with E-state index < -0.39 is 5.82 Å². The minimum atomic E-state index is -0.481. The van der Waals surface area contributed by atoms with Crippen LogP contribution < -0.4 is 4.74 Å². The predicted molar refractivity (Wildman–Crippen MR) is 70.3 cm³/mol. The summed E-state index contributed by atoms with van der Waals surface area (Å²) < 4.78 is 19.6. The predicted octanol–water partition coefficient (Wildman–Crippen LogP) is 3.98. The molecule has 4 heteroatoms. The Hall–Kier alpha value is -1.68. The van der Waals surface area contributed by atoms with Gasteiger partial charge in [0.2, 0.25) is 0 Å². The summed E-state index contributed by atoms with van der Waals surface area (Å²) in [7, 11) is 0. The Kier molecular flexibility index (Phi) is 4.10. The zero-order valence-corrected chi connectivity index (χ0v) is 11.0. The van der Waals surface area contributed by atoms with Crippen molar-refractivity contribution in [2.24, 2.45) is 0 Å². The summed E-state index contributed by atoms with van der Waals surface area (Å²) in [6.07, 6.45) is 0.593. The summed E-state index contributed by atoms with van der Waals surface area (Å²) in [4.78, 5) is 10.6. The summed E-state index contributed by atoms with van der Waals surface area (Å²) in [6.45, 7) is 0.328. The third-order valence-electron chi connectivity index (χ3n) is 2.35. The molecule has 0 aliphatic heterocycles. The minimum absolute atomic E-state index is 0.265. The number of hydrogen-bond acceptors (Lipinski definition) is 2. The molecule has 0 atom stereocenters. The second-order valence-electron chi connectivity index (χ2n) is 3.75. The second kappa shape index (κ2) is 5.78. The minimum Gasteiger partial charge on any atom is -0.489 e. The van der Waals surface area contributed by atoms with E-state index in [0.29, 0.717) is 18.6 Å². The molecule has 0 aliphatic carbocycles. The zero-order chi connectivity index (χ0) is 13.0. The van der Waals surface area contributed by atoms with Gasteiger partial charge in [-0.3, -0.25) is 4.79 Å². The highest BCUT2D eigenvalue weighted by Gasteiger charge is 2.02. The highest BCUT2D eigenvalue weighted by atomic mass is 79.9. The second-order valence-corrected chi connectivity index (χ2v) is 4.67. The molecule has 18 heavy (non-hydrogen) atoms. The van der Waals surface area contributed by atoms with Gasteiger partial charge in [0, 0.05) is 16.1 Å². The van der Waals surface area contributed by atoms with Crippen molar-refractivity contribution in [2.45, 2.75) is 6.61 Å². The van der Waals surface area contributed by atoms with Crippen LogP contribution in [-0.2, 0) is 6.61 Å². The van der Waals surface area contributed by atoms with Crippen LogP contribution in [-0.4, -0.2) is 6.29 Å². The normalized spacial score (nSPS) is 10.1. The smallest absolute Gasteiger partial charge is 0.150 e. The molecular weight excluding hydrogens is 299 g/mol. The van der Waals surface area contributed by atoms with E-state index >= 15 is 0 Å². The molecule has 0 saturated carbocycles. The molecule has 0 aromatic heterocycles. The van der Waals surface area contributed by atoms with Crippen LogP contribution in [0, 0.1) is 5.82 Å². The van der Waals surface area contributed by atoms with Crippen molar-refractivity contribution in [1.82, 2.24) is 0 Å². The van der Waals surface area contributed by atoms with Crippen LogP contribution in [0.5, 0.6) is 5.75 Å². The molecule has 2 rings (SSSR count). The van der Waals surface area contributed by atoms with Gasteiger partial charge in [-0.15, -0.1) is 0 Å². The highest BCUT2D eigenvalue weighted by Crippen LogP contribution is 2.17. The molecule has 0 saturated heterocycles. The fraction of sp³-hybridized carbons (Fsp3) is 0.0714. The van der Waals surface area contributed by atoms with Crippen LogP contribution in [0.15, 0.2) is 46.9 Å². The fourth-order valence-electron chi connectivity index (χ4n) is 1.48. The average Bonchev–Trinajstić information content (AvgIpc) is 2.37. The van der Waals surface area contributed by atoms with Gasteiger partial charge >= 0.3 is 0 Å². The molecule has 0 N–H and O–H groups in total. The number of carbonyl (C=O) groups is 1. The van der Waals surface area contributed by atoms with Gasteiger partial charge in [-0.05, 0) is 29.8 Å². The lowest BCUT2D eigenvalue weighted by atomic mass is 10.2. The van der Waals surface area contributed by atoms with Crippen LogP contribution in [0.2, 0.25) is 0 Å². The maximum Gasteiger partial charge on any atom is 0.150 e. The first-order chi connectivity index (χ1) is 8.67. The van der Waals surface area contributed by atoms with Gasteiger partial charge in [-0.25, -0.2) is 4.39 Å². The number of benzene rings is 2. The topological polar surface area (TPSA) is 26.3 Å². The monoisotopic (exact) mass is 308 g/mol. The van der Waals surface area contributed by atoms with Gasteiger partial charge in [0.1, 0.15) is 24.5 Å². The number of rotatable bonds is 4. The first kappa shape index (κ1) is 12.8. The van der Waals surface area contributed by atoms with Crippen molar-refractivity contribution < 1.29 is 13.9 Å². The van der Waals surface area contributed by atoms with Gasteiger partial charge in [-0.2, -0.15) is 0 Å². The lowest BCUT2D eigenvalue weighted by Gasteiger charge is -2.07. The molecule has 2 aromatic rings. The molecule has 0 fully saturated rings. The highest BCUT2D eigenvalue weighted by molar-refractivity contribution is 9.10. The molecular formula is C14H10BrFO2. The molecule has 0 bridgehead atoms. The van der Waals surface area contributed by atoms with Crippen LogP contribution in [0.4, 0.5) is 4.39 Å². The Bertz CT molecular complexity index is 552. The number of ether oxygens (including phenoxy) is 1. The Morgan fingerprint density at radius 1 is 1.17 bits per heavy atom. The number of aldehydes is 1. The van der Waals surface area contributed by atoms with Crippen LogP contribution in [0.1, 0.15) is 15.9 Å². The molecule has 0 radical (unpaired) electrons. The molecule has 92 valence electrons. The van der Waals surface area contributed by atoms with E-state index in [4.69, 9.17) is 4.74 Å². The lowest BCUT2D eigenvalue weighted by Crippen LogP contribution is -1.96. The van der Waals surface area contributed by atoms with Crippen LogP contribution in [0.3, 0.4) is 0 Å². The van der Waals surface area contributed by atoms with Crippen LogP contribution >= 0.6 is 15.9 Å². The maximum atomic E-state index is 13.1. The van der Waals surface area contributed by atoms with Gasteiger partial charge in [0.15, 0.2) is 0 Å². The zero-order valence-electron chi connectivity index (χ0n) is 9.40. The number of carbonyl (C=O) groups excluding carboxylic acids is 1. The molecule has 0 unspecified atom stereocenters. The molecule has 2 aromatic carbocycles.